The highest BCUT2D eigenvalue weighted by molar-refractivity contribution is 4.94. The van der Waals surface area contributed by atoms with E-state index in [9.17, 15) is 5.11 Å². The fraction of sp³-hybridized carbons (Fsp3) is 1.00. The van der Waals surface area contributed by atoms with Gasteiger partial charge >= 0.3 is 0 Å². The summed E-state index contributed by atoms with van der Waals surface area (Å²) in [5.74, 6) is 0.669. The highest BCUT2D eigenvalue weighted by Crippen LogP contribution is 2.39. The zero-order valence-corrected chi connectivity index (χ0v) is 13.8. The van der Waals surface area contributed by atoms with E-state index >= 15 is 0 Å². The summed E-state index contributed by atoms with van der Waals surface area (Å²) in [5, 5.41) is 12.9. The maximum absolute atomic E-state index is 9.24. The minimum atomic E-state index is 0.228. The van der Waals surface area contributed by atoms with Crippen LogP contribution in [-0.4, -0.2) is 62.6 Å². The summed E-state index contributed by atoms with van der Waals surface area (Å²) in [5.41, 5.74) is 0.366. The molecule has 4 heteroatoms. The molecule has 2 unspecified atom stereocenters. The lowest BCUT2D eigenvalue weighted by Crippen LogP contribution is -2.53. The van der Waals surface area contributed by atoms with Crippen LogP contribution in [0.1, 0.15) is 40.0 Å². The molecule has 2 N–H and O–H groups in total. The fourth-order valence-electron chi connectivity index (χ4n) is 3.63. The summed E-state index contributed by atoms with van der Waals surface area (Å²) in [6.07, 6.45) is 3.91. The number of hydrogen-bond acceptors (Lipinski definition) is 4. The van der Waals surface area contributed by atoms with Crippen molar-refractivity contribution in [1.29, 1.82) is 0 Å². The van der Waals surface area contributed by atoms with Crippen molar-refractivity contribution in [3.63, 3.8) is 0 Å². The predicted octanol–water partition coefficient (Wildman–Crippen LogP) is 1.73. The van der Waals surface area contributed by atoms with Gasteiger partial charge in [-0.15, -0.1) is 0 Å². The van der Waals surface area contributed by atoms with Crippen LogP contribution in [0.4, 0.5) is 0 Å². The third-order valence-corrected chi connectivity index (χ3v) is 4.65. The van der Waals surface area contributed by atoms with Crippen LogP contribution in [0.3, 0.4) is 0 Å². The standard InChI is InChI=1S/C16H34N2O2/c1-5-17-15-14(7-6-8-16(15,2)3)13-18(9-11-19)10-12-20-4/h14-15,17,19H,5-13H2,1-4H3. The van der Waals surface area contributed by atoms with Gasteiger partial charge < -0.3 is 15.2 Å². The topological polar surface area (TPSA) is 44.7 Å². The van der Waals surface area contributed by atoms with Gasteiger partial charge in [-0.3, -0.25) is 4.90 Å². The first-order valence-corrected chi connectivity index (χ1v) is 8.10. The van der Waals surface area contributed by atoms with E-state index in [1.807, 2.05) is 0 Å². The molecule has 1 fully saturated rings. The first-order valence-electron chi connectivity index (χ1n) is 8.10. The van der Waals surface area contributed by atoms with Gasteiger partial charge in [0.05, 0.1) is 13.2 Å². The number of ether oxygens (including phenoxy) is 1. The molecule has 2 atom stereocenters. The number of nitrogens with one attached hydrogen (secondary N) is 1. The SMILES string of the molecule is CCNC1C(CN(CCO)CCOC)CCCC1(C)C. The Hall–Kier alpha value is -0.160. The Morgan fingerprint density at radius 2 is 2.10 bits per heavy atom. The molecular formula is C16H34N2O2. The molecule has 1 rings (SSSR count). The van der Waals surface area contributed by atoms with E-state index in [2.05, 4.69) is 31.0 Å². The molecule has 0 heterocycles. The van der Waals surface area contributed by atoms with Crippen LogP contribution in [0.2, 0.25) is 0 Å². The Kier molecular flexibility index (Phi) is 8.03. The largest absolute Gasteiger partial charge is 0.395 e. The van der Waals surface area contributed by atoms with Crippen molar-refractivity contribution in [2.24, 2.45) is 11.3 Å². The van der Waals surface area contributed by atoms with Gasteiger partial charge in [-0.05, 0) is 30.7 Å². The van der Waals surface area contributed by atoms with Crippen molar-refractivity contribution in [2.75, 3.05) is 46.5 Å². The zero-order chi connectivity index (χ0) is 15.0. The van der Waals surface area contributed by atoms with Gasteiger partial charge in [-0.25, -0.2) is 0 Å². The second-order valence-corrected chi connectivity index (χ2v) is 6.69. The Bertz CT molecular complexity index is 259. The molecule has 1 aliphatic rings. The van der Waals surface area contributed by atoms with Gasteiger partial charge in [-0.1, -0.05) is 27.2 Å². The van der Waals surface area contributed by atoms with Crippen LogP contribution in [0.25, 0.3) is 0 Å². The summed E-state index contributed by atoms with van der Waals surface area (Å²) < 4.78 is 5.18. The quantitative estimate of drug-likeness (QED) is 0.677. The lowest BCUT2D eigenvalue weighted by atomic mass is 9.67. The van der Waals surface area contributed by atoms with Crippen LogP contribution in [0, 0.1) is 11.3 Å². The molecule has 0 aromatic carbocycles. The van der Waals surface area contributed by atoms with E-state index in [1.165, 1.54) is 19.3 Å². The van der Waals surface area contributed by atoms with Crippen LogP contribution in [0.5, 0.6) is 0 Å². The number of nitrogens with zero attached hydrogens (tertiary/aromatic N) is 1. The van der Waals surface area contributed by atoms with Crippen molar-refractivity contribution in [2.45, 2.75) is 46.1 Å². The van der Waals surface area contributed by atoms with Crippen LogP contribution >= 0.6 is 0 Å². The normalized spacial score (nSPS) is 26.1. The number of aliphatic hydroxyl groups is 1. The average molecular weight is 286 g/mol. The molecule has 0 saturated heterocycles. The molecule has 1 aliphatic carbocycles. The first kappa shape index (κ1) is 17.9. The number of methoxy groups -OCH3 is 1. The molecule has 20 heavy (non-hydrogen) atoms. The second kappa shape index (κ2) is 8.98. The van der Waals surface area contributed by atoms with E-state index in [1.54, 1.807) is 7.11 Å². The Balaban J connectivity index is 2.64. The summed E-state index contributed by atoms with van der Waals surface area (Å²) in [6.45, 7) is 11.7. The molecule has 0 radical (unpaired) electrons. The summed E-state index contributed by atoms with van der Waals surface area (Å²) >= 11 is 0. The molecule has 1 saturated carbocycles. The van der Waals surface area contributed by atoms with Crippen molar-refractivity contribution in [3.8, 4) is 0 Å². The monoisotopic (exact) mass is 286 g/mol. The Labute approximate surface area is 124 Å². The molecule has 0 amide bonds. The van der Waals surface area contributed by atoms with Gasteiger partial charge in [-0.2, -0.15) is 0 Å². The zero-order valence-electron chi connectivity index (χ0n) is 13.8. The molecule has 0 aromatic rings. The summed E-state index contributed by atoms with van der Waals surface area (Å²) in [4.78, 5) is 2.35. The van der Waals surface area contributed by atoms with Crippen molar-refractivity contribution in [3.05, 3.63) is 0 Å². The van der Waals surface area contributed by atoms with Crippen LogP contribution in [0.15, 0.2) is 0 Å². The lowest BCUT2D eigenvalue weighted by molar-refractivity contribution is 0.0621. The van der Waals surface area contributed by atoms with Crippen LogP contribution in [-0.2, 0) is 4.74 Å². The smallest absolute Gasteiger partial charge is 0.0589 e. The Morgan fingerprint density at radius 1 is 1.35 bits per heavy atom. The van der Waals surface area contributed by atoms with Gasteiger partial charge in [0.25, 0.3) is 0 Å². The summed E-state index contributed by atoms with van der Waals surface area (Å²) in [7, 11) is 1.74. The molecule has 120 valence electrons. The van der Waals surface area contributed by atoms with E-state index in [0.29, 0.717) is 17.4 Å². The molecule has 4 nitrogen and oxygen atoms in total. The molecular weight excluding hydrogens is 252 g/mol. The number of aliphatic hydroxyl groups excluding tert-OH is 1. The third kappa shape index (κ3) is 5.32. The fourth-order valence-corrected chi connectivity index (χ4v) is 3.63. The van der Waals surface area contributed by atoms with Crippen molar-refractivity contribution in [1.82, 2.24) is 10.2 Å². The van der Waals surface area contributed by atoms with Gasteiger partial charge in [0.1, 0.15) is 0 Å². The predicted molar refractivity (Wildman–Crippen MR) is 84.0 cm³/mol. The molecule has 0 bridgehead atoms. The molecule has 0 aromatic heterocycles. The van der Waals surface area contributed by atoms with Crippen molar-refractivity contribution >= 4 is 0 Å². The minimum absolute atomic E-state index is 0.228. The van der Waals surface area contributed by atoms with Gasteiger partial charge in [0, 0.05) is 32.8 Å². The average Bonchev–Trinajstić information content (AvgIpc) is 2.40. The maximum atomic E-state index is 9.24. The number of rotatable bonds is 9. The van der Waals surface area contributed by atoms with Gasteiger partial charge in [0.2, 0.25) is 0 Å². The van der Waals surface area contributed by atoms with Gasteiger partial charge in [0.15, 0.2) is 0 Å². The van der Waals surface area contributed by atoms with Crippen LogP contribution < -0.4 is 5.32 Å². The number of hydrogen-bond donors (Lipinski definition) is 2. The third-order valence-electron chi connectivity index (χ3n) is 4.65. The highest BCUT2D eigenvalue weighted by atomic mass is 16.5. The summed E-state index contributed by atoms with van der Waals surface area (Å²) in [6, 6.07) is 0.574. The van der Waals surface area contributed by atoms with E-state index < -0.39 is 0 Å². The first-order chi connectivity index (χ1) is 9.55. The lowest BCUT2D eigenvalue weighted by Gasteiger charge is -2.46. The maximum Gasteiger partial charge on any atom is 0.0589 e. The Morgan fingerprint density at radius 3 is 2.70 bits per heavy atom. The van der Waals surface area contributed by atoms with E-state index in [4.69, 9.17) is 4.74 Å². The molecule has 0 spiro atoms. The minimum Gasteiger partial charge on any atom is -0.395 e. The highest BCUT2D eigenvalue weighted by Gasteiger charge is 2.38. The van der Waals surface area contributed by atoms with E-state index in [-0.39, 0.29) is 6.61 Å². The molecule has 0 aliphatic heterocycles. The van der Waals surface area contributed by atoms with E-state index in [0.717, 1.165) is 32.8 Å². The second-order valence-electron chi connectivity index (χ2n) is 6.69. The van der Waals surface area contributed by atoms with Crippen molar-refractivity contribution < 1.29 is 9.84 Å².